The minimum Gasteiger partial charge on any atom is -0.444 e. The quantitative estimate of drug-likeness (QED) is 0.116. The van der Waals surface area contributed by atoms with Gasteiger partial charge in [-0.25, -0.2) is 19.7 Å². The minimum atomic E-state index is -1.02. The number of alkyl carbamates (subject to hydrolysis) is 1. The van der Waals surface area contributed by atoms with Gasteiger partial charge in [-0.05, 0) is 51.7 Å². The molecule has 3 amide bonds. The second kappa shape index (κ2) is 18.0. The molecular weight excluding hydrogens is 630 g/mol. The average molecular weight is 680 g/mol. The number of aromatic nitrogens is 4. The van der Waals surface area contributed by atoms with Crippen molar-refractivity contribution in [2.75, 3.05) is 5.75 Å². The topological polar surface area (TPSA) is 171 Å². The molecule has 48 heavy (non-hydrogen) atoms. The van der Waals surface area contributed by atoms with E-state index in [4.69, 9.17) is 4.74 Å². The Hall–Kier alpha value is -3.97. The molecule has 0 spiro atoms. The number of aliphatic hydroxyl groups excluding tert-OH is 1. The van der Waals surface area contributed by atoms with Crippen LogP contribution in [0.2, 0.25) is 0 Å². The van der Waals surface area contributed by atoms with Crippen LogP contribution in [0.15, 0.2) is 60.3 Å². The number of thioether (sulfide) groups is 1. The first-order valence-electron chi connectivity index (χ1n) is 16.7. The molecule has 4 atom stereocenters. The molecular formula is C35H49N7O5S. The number of imidazole rings is 1. The Morgan fingerprint density at radius 3 is 2.38 bits per heavy atom. The van der Waals surface area contributed by atoms with Gasteiger partial charge in [-0.15, -0.1) is 0 Å². The van der Waals surface area contributed by atoms with Gasteiger partial charge in [0.25, 0.3) is 0 Å². The third-order valence-electron chi connectivity index (χ3n) is 8.16. The van der Waals surface area contributed by atoms with E-state index in [1.54, 1.807) is 33.2 Å². The lowest BCUT2D eigenvalue weighted by Crippen LogP contribution is -2.58. The lowest BCUT2D eigenvalue weighted by Gasteiger charge is -2.31. The zero-order valence-electron chi connectivity index (χ0n) is 28.3. The van der Waals surface area contributed by atoms with Crippen LogP contribution in [0, 0.1) is 12.8 Å². The number of aliphatic hydroxyl groups is 1. The monoisotopic (exact) mass is 679 g/mol. The molecule has 0 bridgehead atoms. The summed E-state index contributed by atoms with van der Waals surface area (Å²) in [5.74, 6) is -0.323. The number of hydrogen-bond donors (Lipinski definition) is 5. The molecule has 260 valence electrons. The number of carbonyl (C=O) groups is 3. The first kappa shape index (κ1) is 36.9. The van der Waals surface area contributed by atoms with Crippen molar-refractivity contribution in [1.29, 1.82) is 0 Å². The van der Waals surface area contributed by atoms with Crippen molar-refractivity contribution in [2.45, 2.75) is 114 Å². The van der Waals surface area contributed by atoms with Crippen molar-refractivity contribution in [3.63, 3.8) is 0 Å². The van der Waals surface area contributed by atoms with E-state index in [-0.39, 0.29) is 18.6 Å². The van der Waals surface area contributed by atoms with Gasteiger partial charge in [0.2, 0.25) is 11.8 Å². The number of carbonyl (C=O) groups excluding carboxylic acids is 3. The fraction of sp³-hybridized carbons (Fsp3) is 0.543. The van der Waals surface area contributed by atoms with Crippen LogP contribution in [0.25, 0.3) is 0 Å². The molecule has 0 radical (unpaired) electrons. The van der Waals surface area contributed by atoms with E-state index in [0.717, 1.165) is 36.9 Å². The van der Waals surface area contributed by atoms with Gasteiger partial charge in [0, 0.05) is 42.4 Å². The van der Waals surface area contributed by atoms with Crippen LogP contribution >= 0.6 is 11.8 Å². The van der Waals surface area contributed by atoms with Crippen LogP contribution in [0.5, 0.6) is 0 Å². The molecule has 12 nitrogen and oxygen atoms in total. The van der Waals surface area contributed by atoms with E-state index in [0.29, 0.717) is 23.2 Å². The largest absolute Gasteiger partial charge is 0.444 e. The summed E-state index contributed by atoms with van der Waals surface area (Å²) in [6.45, 7) is 7.12. The van der Waals surface area contributed by atoms with Crippen molar-refractivity contribution in [2.24, 2.45) is 5.92 Å². The molecule has 1 aliphatic carbocycles. The zero-order valence-corrected chi connectivity index (χ0v) is 29.1. The number of nitrogens with one attached hydrogen (secondary N) is 4. The normalized spacial score (nSPS) is 16.3. The van der Waals surface area contributed by atoms with Gasteiger partial charge >= 0.3 is 6.09 Å². The fourth-order valence-electron chi connectivity index (χ4n) is 5.76. The average Bonchev–Trinajstić information content (AvgIpc) is 3.56. The van der Waals surface area contributed by atoms with Crippen LogP contribution in [0.1, 0.15) is 76.2 Å². The van der Waals surface area contributed by atoms with E-state index in [9.17, 15) is 19.5 Å². The van der Waals surface area contributed by atoms with E-state index >= 15 is 0 Å². The molecule has 1 aromatic carbocycles. The summed E-state index contributed by atoms with van der Waals surface area (Å²) in [6, 6.07) is 8.52. The van der Waals surface area contributed by atoms with Crippen molar-refractivity contribution in [3.8, 4) is 0 Å². The van der Waals surface area contributed by atoms with Gasteiger partial charge in [-0.2, -0.15) is 0 Å². The van der Waals surface area contributed by atoms with Crippen LogP contribution < -0.4 is 16.0 Å². The van der Waals surface area contributed by atoms with Crippen molar-refractivity contribution in [1.82, 2.24) is 35.9 Å². The molecule has 1 aliphatic rings. The van der Waals surface area contributed by atoms with Crippen LogP contribution in [0.4, 0.5) is 4.79 Å². The summed E-state index contributed by atoms with van der Waals surface area (Å²) in [6.07, 6.45) is 9.62. The Kier molecular flexibility index (Phi) is 13.8. The highest BCUT2D eigenvalue weighted by Crippen LogP contribution is 2.29. The van der Waals surface area contributed by atoms with E-state index in [1.807, 2.05) is 43.3 Å². The zero-order chi connectivity index (χ0) is 34.5. The standard InChI is InChI=1S/C35H49N7O5S/c1-23-15-16-37-33(39-23)48-21-30(43)27(17-24-11-7-5-8-12-24)40-32(45)29(19-26-20-36-22-38-26)41-31(44)28(18-25-13-9-6-10-14-25)42-34(46)47-35(2,3)4/h6,9-10,13-16,20,22,24,27-30,43H,5,7-8,11-12,17-19,21H2,1-4H3,(H,36,38)(H,40,45)(H,41,44)(H,42,46)/t27-,28-,29-,30-/m0/s1. The summed E-state index contributed by atoms with van der Waals surface area (Å²) < 4.78 is 5.45. The number of hydrogen-bond acceptors (Lipinski definition) is 9. The third kappa shape index (κ3) is 12.6. The number of rotatable bonds is 15. The van der Waals surface area contributed by atoms with Gasteiger partial charge in [0.15, 0.2) is 5.16 Å². The maximum absolute atomic E-state index is 14.1. The Bertz CT molecular complexity index is 1450. The van der Waals surface area contributed by atoms with Crippen LogP contribution in [-0.4, -0.2) is 78.5 Å². The van der Waals surface area contributed by atoms with Gasteiger partial charge in [0.1, 0.15) is 17.7 Å². The van der Waals surface area contributed by atoms with Gasteiger partial charge in [-0.1, -0.05) is 74.2 Å². The molecule has 1 saturated carbocycles. The summed E-state index contributed by atoms with van der Waals surface area (Å²) in [5, 5.41) is 20.6. The van der Waals surface area contributed by atoms with E-state index in [2.05, 4.69) is 35.9 Å². The third-order valence-corrected chi connectivity index (χ3v) is 9.13. The van der Waals surface area contributed by atoms with Gasteiger partial charge in [-0.3, -0.25) is 9.59 Å². The lowest BCUT2D eigenvalue weighted by atomic mass is 9.83. The number of ether oxygens (including phenoxy) is 1. The number of amides is 3. The first-order valence-corrected chi connectivity index (χ1v) is 17.7. The van der Waals surface area contributed by atoms with Crippen molar-refractivity contribution in [3.05, 3.63) is 72.1 Å². The number of H-pyrrole nitrogens is 1. The highest BCUT2D eigenvalue weighted by Gasteiger charge is 2.32. The highest BCUT2D eigenvalue weighted by molar-refractivity contribution is 7.99. The lowest BCUT2D eigenvalue weighted by molar-refractivity contribution is -0.130. The molecule has 0 aliphatic heterocycles. The predicted molar refractivity (Wildman–Crippen MR) is 184 cm³/mol. The molecule has 0 unspecified atom stereocenters. The molecule has 2 heterocycles. The van der Waals surface area contributed by atoms with Crippen LogP contribution in [-0.2, 0) is 27.2 Å². The second-order valence-corrected chi connectivity index (χ2v) is 14.4. The number of benzene rings is 1. The summed E-state index contributed by atoms with van der Waals surface area (Å²) in [5.41, 5.74) is 1.54. The van der Waals surface area contributed by atoms with Crippen molar-refractivity contribution < 1.29 is 24.2 Å². The van der Waals surface area contributed by atoms with Crippen molar-refractivity contribution >= 4 is 29.7 Å². The molecule has 3 aromatic rings. The number of aryl methyl sites for hydroxylation is 1. The van der Waals surface area contributed by atoms with Gasteiger partial charge < -0.3 is 30.8 Å². The minimum absolute atomic E-state index is 0.125. The smallest absolute Gasteiger partial charge is 0.408 e. The molecule has 1 fully saturated rings. The molecule has 5 N–H and O–H groups in total. The number of nitrogens with zero attached hydrogens (tertiary/aromatic N) is 3. The van der Waals surface area contributed by atoms with E-state index < -0.39 is 47.7 Å². The SMILES string of the molecule is Cc1ccnc(SC[C@H](O)[C@H](CC2CCCCC2)NC(=O)[C@H](Cc2cnc[nH]2)NC(=O)[C@H](Cc2ccccc2)NC(=O)OC(C)(C)C)n1. The maximum Gasteiger partial charge on any atom is 0.408 e. The maximum atomic E-state index is 14.1. The van der Waals surface area contributed by atoms with Gasteiger partial charge in [0.05, 0.1) is 18.5 Å². The first-order chi connectivity index (χ1) is 22.9. The summed E-state index contributed by atoms with van der Waals surface area (Å²) in [4.78, 5) is 56.5. The fourth-order valence-corrected chi connectivity index (χ4v) is 6.65. The summed E-state index contributed by atoms with van der Waals surface area (Å²) >= 11 is 1.34. The molecule has 4 rings (SSSR count). The Morgan fingerprint density at radius 1 is 1.00 bits per heavy atom. The van der Waals surface area contributed by atoms with Crippen LogP contribution in [0.3, 0.4) is 0 Å². The van der Waals surface area contributed by atoms with E-state index in [1.165, 1.54) is 24.5 Å². The Balaban J connectivity index is 1.52. The number of aromatic amines is 1. The Labute approximate surface area is 287 Å². The predicted octanol–water partition coefficient (Wildman–Crippen LogP) is 4.28. The Morgan fingerprint density at radius 2 is 1.71 bits per heavy atom. The summed E-state index contributed by atoms with van der Waals surface area (Å²) in [7, 11) is 0. The molecule has 0 saturated heterocycles. The molecule has 13 heteroatoms. The highest BCUT2D eigenvalue weighted by atomic mass is 32.2. The molecule has 2 aromatic heterocycles. The second-order valence-electron chi connectivity index (χ2n) is 13.4.